The molecule has 4 heterocycles. The molecule has 0 spiro atoms. The third-order valence-corrected chi connectivity index (χ3v) is 8.57. The molecule has 2 unspecified atom stereocenters. The van der Waals surface area contributed by atoms with Gasteiger partial charge in [-0.3, -0.25) is 23.9 Å². The van der Waals surface area contributed by atoms with Crippen molar-refractivity contribution in [2.45, 2.75) is 45.7 Å². The van der Waals surface area contributed by atoms with Gasteiger partial charge in [0, 0.05) is 50.2 Å². The standard InChI is InChI=1S/C32H35F2N7O6/c1-18(2)27(35)29(43)45-16-19-4-7-26(47-30(33)34)21(10-19)14-41-25-11-20(5-6-24(25)28(42)38(41)3)22-12-36-31(37-13-22)39-8-9-40-23(15-39)17-46-32(40)44/h4-7,10-13,18,23,27,30H,8-9,14-17,35H2,1-3H3. The third-order valence-electron chi connectivity index (χ3n) is 8.57. The minimum absolute atomic E-state index is 0.00282. The summed E-state index contributed by atoms with van der Waals surface area (Å²) in [6.45, 7) is 2.45. The second-order valence-corrected chi connectivity index (χ2v) is 12.0. The van der Waals surface area contributed by atoms with E-state index in [2.05, 4.69) is 9.97 Å². The van der Waals surface area contributed by atoms with Gasteiger partial charge >= 0.3 is 18.7 Å². The molecule has 2 aromatic carbocycles. The quantitative estimate of drug-likeness (QED) is 0.254. The van der Waals surface area contributed by atoms with Crippen LogP contribution in [0.4, 0.5) is 19.5 Å². The van der Waals surface area contributed by atoms with Gasteiger partial charge in [-0.05, 0) is 41.3 Å². The van der Waals surface area contributed by atoms with Gasteiger partial charge in [-0.15, -0.1) is 0 Å². The first-order chi connectivity index (χ1) is 22.5. The van der Waals surface area contributed by atoms with Crippen LogP contribution in [0.25, 0.3) is 22.0 Å². The lowest BCUT2D eigenvalue weighted by Crippen LogP contribution is -2.52. The molecular weight excluding hydrogens is 616 g/mol. The number of carbonyl (C=O) groups is 2. The number of ether oxygens (including phenoxy) is 3. The van der Waals surface area contributed by atoms with Crippen molar-refractivity contribution in [2.75, 3.05) is 31.1 Å². The number of cyclic esters (lactones) is 1. The van der Waals surface area contributed by atoms with Crippen LogP contribution in [0.1, 0.15) is 25.0 Å². The topological polar surface area (TPSA) is 147 Å². The molecule has 2 saturated heterocycles. The average Bonchev–Trinajstić information content (AvgIpc) is 3.55. The van der Waals surface area contributed by atoms with Crippen molar-refractivity contribution < 1.29 is 32.6 Å². The Labute approximate surface area is 268 Å². The van der Waals surface area contributed by atoms with Crippen molar-refractivity contribution >= 4 is 28.9 Å². The Bertz CT molecular complexity index is 1860. The smallest absolute Gasteiger partial charge is 0.410 e. The number of fused-ring (bicyclic) bond motifs is 2. The van der Waals surface area contributed by atoms with E-state index in [1.165, 1.54) is 16.8 Å². The lowest BCUT2D eigenvalue weighted by atomic mass is 10.1. The van der Waals surface area contributed by atoms with E-state index < -0.39 is 18.6 Å². The monoisotopic (exact) mass is 651 g/mol. The maximum atomic E-state index is 13.4. The number of nitrogens with two attached hydrogens (primary N) is 1. The van der Waals surface area contributed by atoms with Gasteiger partial charge in [0.2, 0.25) is 5.95 Å². The van der Waals surface area contributed by atoms with E-state index in [4.69, 9.17) is 19.9 Å². The van der Waals surface area contributed by atoms with E-state index >= 15 is 0 Å². The summed E-state index contributed by atoms with van der Waals surface area (Å²) in [7, 11) is 1.59. The lowest BCUT2D eigenvalue weighted by molar-refractivity contribution is -0.147. The largest absolute Gasteiger partial charge is 0.460 e. The van der Waals surface area contributed by atoms with E-state index in [0.29, 0.717) is 59.8 Å². The molecule has 13 nitrogen and oxygen atoms in total. The Morgan fingerprint density at radius 3 is 2.57 bits per heavy atom. The van der Waals surface area contributed by atoms with E-state index in [1.807, 2.05) is 11.0 Å². The first kappa shape index (κ1) is 31.9. The minimum atomic E-state index is -3.07. The van der Waals surface area contributed by atoms with Crippen LogP contribution in [-0.4, -0.2) is 81.2 Å². The predicted octanol–water partition coefficient (Wildman–Crippen LogP) is 3.11. The van der Waals surface area contributed by atoms with Gasteiger partial charge in [-0.25, -0.2) is 14.8 Å². The summed E-state index contributed by atoms with van der Waals surface area (Å²) in [6, 6.07) is 9.02. The van der Waals surface area contributed by atoms with Crippen LogP contribution in [-0.2, 0) is 34.5 Å². The fraction of sp³-hybridized carbons (Fsp3) is 0.406. The SMILES string of the molecule is CC(C)C(N)C(=O)OCc1ccc(OC(F)F)c(Cn2c3cc(-c4cnc(N5CCN6C(=O)OCC6C5)nc4)ccc3c(=O)n2C)c1. The third kappa shape index (κ3) is 6.48. The van der Waals surface area contributed by atoms with Crippen molar-refractivity contribution in [3.8, 4) is 16.9 Å². The number of benzene rings is 2. The van der Waals surface area contributed by atoms with Crippen LogP contribution < -0.4 is 20.9 Å². The Morgan fingerprint density at radius 2 is 1.85 bits per heavy atom. The fourth-order valence-electron chi connectivity index (χ4n) is 5.79. The van der Waals surface area contributed by atoms with Gasteiger partial charge in [0.1, 0.15) is 25.0 Å². The number of amides is 1. The molecule has 4 aromatic rings. The van der Waals surface area contributed by atoms with Gasteiger partial charge in [0.15, 0.2) is 0 Å². The predicted molar refractivity (Wildman–Crippen MR) is 167 cm³/mol. The Hall–Kier alpha value is -5.05. The number of rotatable bonds is 10. The molecule has 15 heteroatoms. The van der Waals surface area contributed by atoms with Crippen molar-refractivity contribution in [3.63, 3.8) is 0 Å². The number of halogens is 2. The normalized spacial score (nSPS) is 16.9. The first-order valence-electron chi connectivity index (χ1n) is 15.2. The van der Waals surface area contributed by atoms with Crippen LogP contribution in [0.15, 0.2) is 53.6 Å². The van der Waals surface area contributed by atoms with Crippen molar-refractivity contribution in [1.29, 1.82) is 0 Å². The van der Waals surface area contributed by atoms with Crippen molar-refractivity contribution in [2.24, 2.45) is 18.7 Å². The summed E-state index contributed by atoms with van der Waals surface area (Å²) in [4.78, 5) is 50.2. The minimum Gasteiger partial charge on any atom is -0.460 e. The van der Waals surface area contributed by atoms with Gasteiger partial charge < -0.3 is 24.8 Å². The molecule has 2 aromatic heterocycles. The molecule has 1 amide bonds. The summed E-state index contributed by atoms with van der Waals surface area (Å²) in [5.74, 6) is -0.222. The number of aromatic nitrogens is 4. The number of anilines is 1. The average molecular weight is 652 g/mol. The molecule has 2 atom stereocenters. The Kier molecular flexibility index (Phi) is 8.82. The number of esters is 1. The molecule has 2 N–H and O–H groups in total. The molecule has 47 heavy (non-hydrogen) atoms. The van der Waals surface area contributed by atoms with E-state index in [1.54, 1.807) is 61.1 Å². The number of hydrogen-bond acceptors (Lipinski definition) is 10. The van der Waals surface area contributed by atoms with Gasteiger partial charge in [0.05, 0.1) is 23.5 Å². The van der Waals surface area contributed by atoms with E-state index in [0.717, 1.165) is 5.56 Å². The molecule has 2 aliphatic heterocycles. The van der Waals surface area contributed by atoms with E-state index in [9.17, 15) is 23.2 Å². The lowest BCUT2D eigenvalue weighted by Gasteiger charge is -2.35. The second kappa shape index (κ2) is 13.0. The van der Waals surface area contributed by atoms with Gasteiger partial charge in [-0.1, -0.05) is 26.0 Å². The van der Waals surface area contributed by atoms with Crippen LogP contribution >= 0.6 is 0 Å². The highest BCUT2D eigenvalue weighted by Crippen LogP contribution is 2.28. The van der Waals surface area contributed by atoms with Crippen molar-refractivity contribution in [1.82, 2.24) is 24.2 Å². The van der Waals surface area contributed by atoms with Gasteiger partial charge in [-0.2, -0.15) is 8.78 Å². The zero-order chi connectivity index (χ0) is 33.4. The van der Waals surface area contributed by atoms with Crippen molar-refractivity contribution in [3.05, 3.63) is 70.3 Å². The molecular formula is C32H35F2N7O6. The Morgan fingerprint density at radius 1 is 1.09 bits per heavy atom. The summed E-state index contributed by atoms with van der Waals surface area (Å²) in [6.07, 6.45) is 3.10. The zero-order valence-corrected chi connectivity index (χ0v) is 26.1. The van der Waals surface area contributed by atoms with Crippen LogP contribution in [0.3, 0.4) is 0 Å². The molecule has 248 valence electrons. The molecule has 0 saturated carbocycles. The highest BCUT2D eigenvalue weighted by molar-refractivity contribution is 5.84. The van der Waals surface area contributed by atoms with Crippen LogP contribution in [0.5, 0.6) is 5.75 Å². The molecule has 0 radical (unpaired) electrons. The summed E-state index contributed by atoms with van der Waals surface area (Å²) >= 11 is 0. The molecule has 2 aliphatic rings. The molecule has 2 fully saturated rings. The van der Waals surface area contributed by atoms with Gasteiger partial charge in [0.25, 0.3) is 5.56 Å². The van der Waals surface area contributed by atoms with Crippen LogP contribution in [0.2, 0.25) is 0 Å². The van der Waals surface area contributed by atoms with Crippen LogP contribution in [0, 0.1) is 5.92 Å². The maximum absolute atomic E-state index is 13.4. The number of hydrogen-bond donors (Lipinski definition) is 1. The van der Waals surface area contributed by atoms with E-state index in [-0.39, 0.29) is 42.5 Å². The summed E-state index contributed by atoms with van der Waals surface area (Å²) < 4.78 is 45.1. The fourth-order valence-corrected chi connectivity index (χ4v) is 5.79. The first-order valence-corrected chi connectivity index (χ1v) is 15.2. The summed E-state index contributed by atoms with van der Waals surface area (Å²) in [5.41, 5.74) is 8.52. The highest BCUT2D eigenvalue weighted by Gasteiger charge is 2.38. The number of alkyl halides is 2. The Balaban J connectivity index is 1.27. The second-order valence-electron chi connectivity index (χ2n) is 12.0. The molecule has 6 rings (SSSR count). The number of nitrogens with zero attached hydrogens (tertiary/aromatic N) is 6. The number of carbonyl (C=O) groups excluding carboxylic acids is 2. The molecule has 0 aliphatic carbocycles. The molecule has 0 bridgehead atoms. The summed E-state index contributed by atoms with van der Waals surface area (Å²) in [5, 5.41) is 0.434. The maximum Gasteiger partial charge on any atom is 0.410 e. The zero-order valence-electron chi connectivity index (χ0n) is 26.1. The number of piperazine rings is 1. The highest BCUT2D eigenvalue weighted by atomic mass is 19.3.